The lowest BCUT2D eigenvalue weighted by atomic mass is 9.83. The molecule has 2 aliphatic heterocycles. The van der Waals surface area contributed by atoms with E-state index < -0.39 is 29.6 Å². The van der Waals surface area contributed by atoms with Gasteiger partial charge in [-0.25, -0.2) is 4.79 Å². The van der Waals surface area contributed by atoms with E-state index in [-0.39, 0.29) is 22.6 Å². The van der Waals surface area contributed by atoms with Crippen LogP contribution in [-0.4, -0.2) is 56.0 Å². The molecule has 2 aromatic carbocycles. The molecule has 0 amide bonds. The minimum Gasteiger partial charge on any atom is -0.503 e. The van der Waals surface area contributed by atoms with Crippen LogP contribution in [0.4, 0.5) is 0 Å². The Bertz CT molecular complexity index is 1120. The lowest BCUT2D eigenvalue weighted by Crippen LogP contribution is -2.36. The van der Waals surface area contributed by atoms with Crippen molar-refractivity contribution in [1.82, 2.24) is 4.90 Å². The van der Waals surface area contributed by atoms with Gasteiger partial charge in [-0.15, -0.1) is 0 Å². The highest BCUT2D eigenvalue weighted by Crippen LogP contribution is 2.55. The number of carbonyl (C=O) groups is 1. The second kappa shape index (κ2) is 7.56. The molecule has 9 heteroatoms. The summed E-state index contributed by atoms with van der Waals surface area (Å²) in [7, 11) is 6.16. The molecular weight excluding hydrogens is 404 g/mol. The third kappa shape index (κ3) is 2.83. The fraction of sp³-hybridized carbons (Fsp3) is 0.364. The minimum atomic E-state index is -0.754. The molecule has 0 radical (unpaired) electrons. The summed E-state index contributed by atoms with van der Waals surface area (Å²) in [5, 5.41) is 30.5. The number of carbonyl (C=O) groups excluding carboxylic acids is 1. The summed E-state index contributed by atoms with van der Waals surface area (Å²) in [5.41, 5.74) is 1.92. The third-order valence-electron chi connectivity index (χ3n) is 5.96. The summed E-state index contributed by atoms with van der Waals surface area (Å²) in [6.07, 6.45) is -0.301. The summed E-state index contributed by atoms with van der Waals surface area (Å²) in [6.45, 7) is 0.538. The van der Waals surface area contributed by atoms with Crippen molar-refractivity contribution >= 4 is 5.97 Å². The van der Waals surface area contributed by atoms with Gasteiger partial charge in [-0.05, 0) is 25.1 Å². The number of nitriles is 1. The predicted octanol–water partition coefficient (Wildman–Crippen LogP) is 2.44. The fourth-order valence-corrected chi connectivity index (χ4v) is 4.56. The largest absolute Gasteiger partial charge is 0.503 e. The van der Waals surface area contributed by atoms with Crippen molar-refractivity contribution in [3.05, 3.63) is 39.9 Å². The maximum atomic E-state index is 12.8. The molecular formula is C22H22N2O7. The van der Waals surface area contributed by atoms with E-state index in [2.05, 4.69) is 0 Å². The number of cyclic esters (lactones) is 1. The SMILES string of the molecule is COc1ccc2c(c1OC)C(=O)OC2[C@H]1c2c(c(C#N)c(O)c(O)c2OC)CCN1C. The van der Waals surface area contributed by atoms with Crippen LogP contribution in [0.3, 0.4) is 0 Å². The van der Waals surface area contributed by atoms with Crippen molar-refractivity contribution in [2.45, 2.75) is 18.6 Å². The molecule has 2 aliphatic rings. The van der Waals surface area contributed by atoms with Crippen LogP contribution in [0.1, 0.15) is 44.8 Å². The number of phenols is 2. The molecule has 0 bridgehead atoms. The lowest BCUT2D eigenvalue weighted by molar-refractivity contribution is 0.00867. The summed E-state index contributed by atoms with van der Waals surface area (Å²) in [6, 6.07) is 4.84. The molecule has 9 nitrogen and oxygen atoms in total. The average Bonchev–Trinajstić information content (AvgIpc) is 3.10. The molecule has 0 aromatic heterocycles. The number of esters is 1. The number of likely N-dealkylation sites (N-methyl/N-ethyl adjacent to an activating group) is 1. The van der Waals surface area contributed by atoms with Crippen LogP contribution >= 0.6 is 0 Å². The lowest BCUT2D eigenvalue weighted by Gasteiger charge is -2.39. The first-order valence-electron chi connectivity index (χ1n) is 9.60. The Morgan fingerprint density at radius 1 is 1.13 bits per heavy atom. The molecule has 0 fully saturated rings. The van der Waals surface area contributed by atoms with Gasteiger partial charge in [0, 0.05) is 17.7 Å². The highest BCUT2D eigenvalue weighted by atomic mass is 16.6. The van der Waals surface area contributed by atoms with Crippen molar-refractivity contribution in [1.29, 1.82) is 5.26 Å². The van der Waals surface area contributed by atoms with Crippen molar-refractivity contribution < 1.29 is 34.0 Å². The van der Waals surface area contributed by atoms with Gasteiger partial charge in [-0.1, -0.05) is 6.07 Å². The molecule has 1 unspecified atom stereocenters. The van der Waals surface area contributed by atoms with Crippen LogP contribution in [-0.2, 0) is 11.2 Å². The smallest absolute Gasteiger partial charge is 0.343 e. The number of phenolic OH excluding ortho intramolecular Hbond substituents is 2. The Morgan fingerprint density at radius 3 is 2.45 bits per heavy atom. The van der Waals surface area contributed by atoms with Crippen LogP contribution in [0.25, 0.3) is 0 Å². The van der Waals surface area contributed by atoms with Gasteiger partial charge < -0.3 is 29.2 Å². The van der Waals surface area contributed by atoms with Gasteiger partial charge in [0.25, 0.3) is 0 Å². The van der Waals surface area contributed by atoms with E-state index in [0.29, 0.717) is 35.4 Å². The quantitative estimate of drug-likeness (QED) is 0.561. The van der Waals surface area contributed by atoms with Gasteiger partial charge >= 0.3 is 5.97 Å². The fourth-order valence-electron chi connectivity index (χ4n) is 4.56. The molecule has 0 saturated heterocycles. The number of hydrogen-bond acceptors (Lipinski definition) is 9. The van der Waals surface area contributed by atoms with Gasteiger partial charge in [-0.2, -0.15) is 5.26 Å². The number of ether oxygens (including phenoxy) is 4. The summed E-state index contributed by atoms with van der Waals surface area (Å²) < 4.78 is 21.9. The number of methoxy groups -OCH3 is 3. The van der Waals surface area contributed by atoms with Gasteiger partial charge in [0.15, 0.2) is 23.0 Å². The first-order valence-corrected chi connectivity index (χ1v) is 9.60. The number of rotatable bonds is 4. The molecule has 0 aliphatic carbocycles. The first kappa shape index (κ1) is 20.6. The highest BCUT2D eigenvalue weighted by Gasteiger charge is 2.46. The van der Waals surface area contributed by atoms with Crippen LogP contribution in [0, 0.1) is 11.3 Å². The molecule has 2 N–H and O–H groups in total. The van der Waals surface area contributed by atoms with E-state index in [1.165, 1.54) is 21.3 Å². The molecule has 0 spiro atoms. The second-order valence-corrected chi connectivity index (χ2v) is 7.38. The van der Waals surface area contributed by atoms with E-state index in [4.69, 9.17) is 18.9 Å². The molecule has 162 valence electrons. The zero-order valence-electron chi connectivity index (χ0n) is 17.6. The topological polar surface area (TPSA) is 121 Å². The predicted molar refractivity (Wildman–Crippen MR) is 108 cm³/mol. The average molecular weight is 426 g/mol. The Hall–Kier alpha value is -3.64. The number of benzene rings is 2. The van der Waals surface area contributed by atoms with E-state index >= 15 is 0 Å². The Labute approximate surface area is 178 Å². The molecule has 31 heavy (non-hydrogen) atoms. The zero-order valence-corrected chi connectivity index (χ0v) is 17.6. The van der Waals surface area contributed by atoms with Crippen LogP contribution in [0.5, 0.6) is 28.7 Å². The van der Waals surface area contributed by atoms with Crippen LogP contribution < -0.4 is 14.2 Å². The number of aromatic hydroxyl groups is 2. The number of hydrogen-bond donors (Lipinski definition) is 2. The minimum absolute atomic E-state index is 0.0109. The summed E-state index contributed by atoms with van der Waals surface area (Å²) in [5.74, 6) is -0.856. The zero-order chi connectivity index (χ0) is 22.4. The highest BCUT2D eigenvalue weighted by molar-refractivity contribution is 5.98. The maximum Gasteiger partial charge on any atom is 0.343 e. The third-order valence-corrected chi connectivity index (χ3v) is 5.96. The molecule has 4 rings (SSSR count). The van der Waals surface area contributed by atoms with Crippen molar-refractivity contribution in [2.24, 2.45) is 0 Å². The van der Waals surface area contributed by atoms with Crippen molar-refractivity contribution in [2.75, 3.05) is 34.9 Å². The Balaban J connectivity index is 1.97. The van der Waals surface area contributed by atoms with Gasteiger partial charge in [-0.3, -0.25) is 4.90 Å². The van der Waals surface area contributed by atoms with Crippen molar-refractivity contribution in [3.8, 4) is 34.8 Å². The second-order valence-electron chi connectivity index (χ2n) is 7.38. The van der Waals surface area contributed by atoms with E-state index in [0.717, 1.165) is 0 Å². The molecule has 2 aromatic rings. The van der Waals surface area contributed by atoms with E-state index in [1.54, 1.807) is 12.1 Å². The number of nitrogens with zero attached hydrogens (tertiary/aromatic N) is 2. The summed E-state index contributed by atoms with van der Waals surface area (Å²) in [4.78, 5) is 14.8. The number of fused-ring (bicyclic) bond motifs is 2. The summed E-state index contributed by atoms with van der Waals surface area (Å²) >= 11 is 0. The van der Waals surface area contributed by atoms with Gasteiger partial charge in [0.1, 0.15) is 23.3 Å². The molecule has 2 atom stereocenters. The van der Waals surface area contributed by atoms with Gasteiger partial charge in [0.05, 0.1) is 27.4 Å². The van der Waals surface area contributed by atoms with Crippen LogP contribution in [0.15, 0.2) is 12.1 Å². The normalized spacial score (nSPS) is 19.8. The van der Waals surface area contributed by atoms with Crippen molar-refractivity contribution in [3.63, 3.8) is 0 Å². The van der Waals surface area contributed by atoms with E-state index in [9.17, 15) is 20.3 Å². The Morgan fingerprint density at radius 2 is 1.84 bits per heavy atom. The van der Waals surface area contributed by atoms with Crippen LogP contribution in [0.2, 0.25) is 0 Å². The maximum absolute atomic E-state index is 12.8. The van der Waals surface area contributed by atoms with E-state index in [1.807, 2.05) is 18.0 Å². The Kier molecular flexibility index (Phi) is 5.03. The standard InChI is InChI=1S/C22H22N2O7/c1-24-8-7-10-12(9-23)17(25)18(26)21(30-4)14(10)16(24)19-11-5-6-13(28-2)20(29-3)15(11)22(27)31-19/h5-6,16,19,25-26H,7-8H2,1-4H3/t16-,19?/m1/s1. The first-order chi connectivity index (χ1) is 14.9. The van der Waals surface area contributed by atoms with Gasteiger partial charge in [0.2, 0.25) is 5.75 Å². The molecule has 2 heterocycles. The monoisotopic (exact) mass is 426 g/mol. The molecule has 0 saturated carbocycles.